The van der Waals surface area contributed by atoms with Gasteiger partial charge in [0.1, 0.15) is 5.01 Å². The number of anilines is 1. The molecule has 0 saturated heterocycles. The van der Waals surface area contributed by atoms with Crippen LogP contribution in [-0.2, 0) is 4.74 Å². The van der Waals surface area contributed by atoms with E-state index in [2.05, 4.69) is 60.8 Å². The molecule has 164 valence electrons. The summed E-state index contributed by atoms with van der Waals surface area (Å²) in [6.45, 7) is 2.12. The molecule has 2 aliphatic rings. The van der Waals surface area contributed by atoms with Crippen molar-refractivity contribution in [3.05, 3.63) is 95.1 Å². The lowest BCUT2D eigenvalue weighted by atomic mass is 9.76. The molecule has 1 aliphatic carbocycles. The van der Waals surface area contributed by atoms with E-state index < -0.39 is 0 Å². The summed E-state index contributed by atoms with van der Waals surface area (Å²) in [5, 5.41) is 4.85. The number of thiazole rings is 1. The van der Waals surface area contributed by atoms with Gasteiger partial charge in [-0.25, -0.2) is 9.78 Å². The number of esters is 1. The van der Waals surface area contributed by atoms with Crippen molar-refractivity contribution < 1.29 is 9.53 Å². The lowest BCUT2D eigenvalue weighted by Crippen LogP contribution is -2.29. The molecule has 1 N–H and O–H groups in total. The Morgan fingerprint density at radius 2 is 1.94 bits per heavy atom. The van der Waals surface area contributed by atoms with E-state index in [0.717, 1.165) is 16.9 Å². The second-order valence-corrected chi connectivity index (χ2v) is 9.91. The van der Waals surface area contributed by atoms with Gasteiger partial charge in [-0.1, -0.05) is 30.4 Å². The molecule has 0 radical (unpaired) electrons. The van der Waals surface area contributed by atoms with Gasteiger partial charge < -0.3 is 10.1 Å². The highest BCUT2D eigenvalue weighted by Gasteiger charge is 2.38. The van der Waals surface area contributed by atoms with Gasteiger partial charge in [0, 0.05) is 17.2 Å². The standard InChI is InChI=1S/C28H24N2O2S/c1-16-6-12-24-25(14-16)33-27(30-24)19-11-13-23-22(15-19)20-4-3-5-21(20)26(29-23)17-7-9-18(10-8-17)28(31)32-2/h3-4,6-15,20-21,26,29H,5H2,1-2H3/t20-,21+,26+/m1/s1. The monoisotopic (exact) mass is 452 g/mol. The van der Waals surface area contributed by atoms with E-state index in [0.29, 0.717) is 17.4 Å². The van der Waals surface area contributed by atoms with E-state index >= 15 is 0 Å². The minimum absolute atomic E-state index is 0.195. The Morgan fingerprint density at radius 1 is 1.09 bits per heavy atom. The van der Waals surface area contributed by atoms with E-state index in [4.69, 9.17) is 9.72 Å². The van der Waals surface area contributed by atoms with Crippen LogP contribution in [0.25, 0.3) is 20.8 Å². The first-order valence-corrected chi connectivity index (χ1v) is 12.1. The molecule has 1 aliphatic heterocycles. The first kappa shape index (κ1) is 20.2. The number of allylic oxidation sites excluding steroid dienone is 2. The third kappa shape index (κ3) is 3.44. The molecule has 0 spiro atoms. The molecule has 1 aromatic heterocycles. The number of rotatable bonds is 3. The lowest BCUT2D eigenvalue weighted by molar-refractivity contribution is 0.0600. The Labute approximate surface area is 196 Å². The largest absolute Gasteiger partial charge is 0.465 e. The lowest BCUT2D eigenvalue weighted by Gasteiger charge is -2.37. The predicted octanol–water partition coefficient (Wildman–Crippen LogP) is 6.88. The van der Waals surface area contributed by atoms with Gasteiger partial charge in [0.05, 0.1) is 28.9 Å². The molecule has 3 aromatic carbocycles. The highest BCUT2D eigenvalue weighted by molar-refractivity contribution is 7.21. The number of hydrogen-bond acceptors (Lipinski definition) is 5. The fraction of sp³-hybridized carbons (Fsp3) is 0.214. The van der Waals surface area contributed by atoms with E-state index in [9.17, 15) is 4.79 Å². The van der Waals surface area contributed by atoms with Crippen LogP contribution < -0.4 is 5.32 Å². The Bertz CT molecular complexity index is 1400. The number of aromatic nitrogens is 1. The summed E-state index contributed by atoms with van der Waals surface area (Å²) < 4.78 is 6.07. The zero-order valence-corrected chi connectivity index (χ0v) is 19.4. The maximum absolute atomic E-state index is 11.8. The molecule has 0 bridgehead atoms. The molecule has 4 nitrogen and oxygen atoms in total. The van der Waals surface area contributed by atoms with Gasteiger partial charge in [-0.05, 0) is 78.4 Å². The van der Waals surface area contributed by atoms with Crippen molar-refractivity contribution in [2.45, 2.75) is 25.3 Å². The molecule has 0 amide bonds. The number of nitrogens with one attached hydrogen (secondary N) is 1. The van der Waals surface area contributed by atoms with Crippen LogP contribution in [0.2, 0.25) is 0 Å². The Morgan fingerprint density at radius 3 is 2.76 bits per heavy atom. The number of aryl methyl sites for hydroxylation is 1. The number of nitrogens with zero attached hydrogens (tertiary/aromatic N) is 1. The highest BCUT2D eigenvalue weighted by Crippen LogP contribution is 2.50. The fourth-order valence-corrected chi connectivity index (χ4v) is 6.22. The van der Waals surface area contributed by atoms with Gasteiger partial charge in [-0.2, -0.15) is 0 Å². The highest BCUT2D eigenvalue weighted by atomic mass is 32.1. The molecule has 6 rings (SSSR count). The second-order valence-electron chi connectivity index (χ2n) is 8.88. The maximum atomic E-state index is 11.8. The smallest absolute Gasteiger partial charge is 0.337 e. The SMILES string of the molecule is COC(=O)c1ccc([C@@H]2Nc3ccc(-c4nc5ccc(C)cc5s4)cc3[C@@H]3C=CC[C@@H]32)cc1. The maximum Gasteiger partial charge on any atom is 0.337 e. The molecule has 0 saturated carbocycles. The van der Waals surface area contributed by atoms with Crippen LogP contribution in [0.4, 0.5) is 5.69 Å². The molecule has 3 atom stereocenters. The van der Waals surface area contributed by atoms with Crippen molar-refractivity contribution in [3.63, 3.8) is 0 Å². The van der Waals surface area contributed by atoms with Crippen molar-refractivity contribution in [1.82, 2.24) is 4.98 Å². The van der Waals surface area contributed by atoms with Gasteiger partial charge in [0.15, 0.2) is 0 Å². The van der Waals surface area contributed by atoms with Crippen molar-refractivity contribution in [1.29, 1.82) is 0 Å². The van der Waals surface area contributed by atoms with Crippen LogP contribution in [0.1, 0.15) is 45.4 Å². The summed E-state index contributed by atoms with van der Waals surface area (Å²) in [6.07, 6.45) is 5.69. The van der Waals surface area contributed by atoms with Crippen LogP contribution in [0.5, 0.6) is 0 Å². The number of ether oxygens (including phenoxy) is 1. The summed E-state index contributed by atoms with van der Waals surface area (Å²) >= 11 is 1.76. The number of carbonyl (C=O) groups is 1. The summed E-state index contributed by atoms with van der Waals surface area (Å²) in [7, 11) is 1.41. The number of methoxy groups -OCH3 is 1. The second kappa shape index (κ2) is 7.85. The predicted molar refractivity (Wildman–Crippen MR) is 134 cm³/mol. The van der Waals surface area contributed by atoms with Crippen LogP contribution in [0.15, 0.2) is 72.8 Å². The molecule has 5 heteroatoms. The fourth-order valence-electron chi connectivity index (χ4n) is 5.16. The molecular formula is C28H24N2O2S. The van der Waals surface area contributed by atoms with Gasteiger partial charge in [0.2, 0.25) is 0 Å². The number of hydrogen-bond donors (Lipinski definition) is 1. The van der Waals surface area contributed by atoms with Gasteiger partial charge in [0.25, 0.3) is 0 Å². The Hall–Kier alpha value is -3.44. The number of benzene rings is 3. The van der Waals surface area contributed by atoms with E-state index in [-0.39, 0.29) is 12.0 Å². The van der Waals surface area contributed by atoms with E-state index in [1.165, 1.54) is 39.8 Å². The van der Waals surface area contributed by atoms with Gasteiger partial charge in [-0.15, -0.1) is 11.3 Å². The average molecular weight is 453 g/mol. The van der Waals surface area contributed by atoms with Crippen molar-refractivity contribution in [3.8, 4) is 10.6 Å². The number of fused-ring (bicyclic) bond motifs is 4. The quantitative estimate of drug-likeness (QED) is 0.272. The summed E-state index contributed by atoms with van der Waals surface area (Å²) in [5.41, 5.74) is 7.78. The van der Waals surface area contributed by atoms with Gasteiger partial charge >= 0.3 is 5.97 Å². The average Bonchev–Trinajstić information content (AvgIpc) is 3.50. The molecule has 2 heterocycles. The molecule has 0 fully saturated rings. The molecular weight excluding hydrogens is 428 g/mol. The van der Waals surface area contributed by atoms with Crippen LogP contribution in [-0.4, -0.2) is 18.1 Å². The zero-order valence-electron chi connectivity index (χ0n) is 18.5. The summed E-state index contributed by atoms with van der Waals surface area (Å²) in [5.74, 6) is 0.499. The molecule has 4 aromatic rings. The Kier molecular flexibility index (Phi) is 4.80. The molecule has 0 unspecified atom stereocenters. The minimum Gasteiger partial charge on any atom is -0.465 e. The van der Waals surface area contributed by atoms with Crippen LogP contribution in [0, 0.1) is 12.8 Å². The van der Waals surface area contributed by atoms with Crippen LogP contribution in [0.3, 0.4) is 0 Å². The van der Waals surface area contributed by atoms with E-state index in [1.54, 1.807) is 11.3 Å². The van der Waals surface area contributed by atoms with Crippen molar-refractivity contribution in [2.24, 2.45) is 5.92 Å². The third-order valence-corrected chi connectivity index (χ3v) is 7.91. The minimum atomic E-state index is -0.304. The first-order chi connectivity index (χ1) is 16.1. The molecule has 33 heavy (non-hydrogen) atoms. The topological polar surface area (TPSA) is 51.2 Å². The zero-order chi connectivity index (χ0) is 22.5. The number of carbonyl (C=O) groups excluding carboxylic acids is 1. The third-order valence-electron chi connectivity index (χ3n) is 6.84. The normalized spacial score (nSPS) is 20.8. The Balaban J connectivity index is 1.35. The van der Waals surface area contributed by atoms with E-state index in [1.807, 2.05) is 24.3 Å². The van der Waals surface area contributed by atoms with Crippen LogP contribution >= 0.6 is 11.3 Å². The summed E-state index contributed by atoms with van der Waals surface area (Å²) in [6, 6.07) is 21.1. The summed E-state index contributed by atoms with van der Waals surface area (Å²) in [4.78, 5) is 16.7. The van der Waals surface area contributed by atoms with Crippen molar-refractivity contribution >= 4 is 33.2 Å². The first-order valence-electron chi connectivity index (χ1n) is 11.2. The van der Waals surface area contributed by atoms with Crippen molar-refractivity contribution in [2.75, 3.05) is 12.4 Å². The van der Waals surface area contributed by atoms with Gasteiger partial charge in [-0.3, -0.25) is 0 Å².